The summed E-state index contributed by atoms with van der Waals surface area (Å²) in [5.74, 6) is 2.30. The summed E-state index contributed by atoms with van der Waals surface area (Å²) in [7, 11) is 4.71. The monoisotopic (exact) mass is 475 g/mol. The lowest BCUT2D eigenvalue weighted by Gasteiger charge is -2.13. The first-order chi connectivity index (χ1) is 16.9. The van der Waals surface area contributed by atoms with Crippen molar-refractivity contribution < 1.29 is 28.5 Å². The van der Waals surface area contributed by atoms with E-state index in [9.17, 15) is 9.90 Å². The molecule has 0 fully saturated rings. The number of methoxy groups -OCH3 is 3. The molecule has 0 saturated heterocycles. The van der Waals surface area contributed by atoms with Crippen LogP contribution in [0.5, 0.6) is 23.0 Å². The third kappa shape index (κ3) is 4.75. The largest absolute Gasteiger partial charge is 0.504 e. The highest BCUT2D eigenvalue weighted by molar-refractivity contribution is 6.08. The number of phenols is 1. The number of furan rings is 1. The lowest BCUT2D eigenvalue weighted by Crippen LogP contribution is -2.22. The minimum absolute atomic E-state index is 0.111. The van der Waals surface area contributed by atoms with E-state index >= 15 is 0 Å². The minimum atomic E-state index is -0.111. The number of benzene rings is 2. The first-order valence-corrected chi connectivity index (χ1v) is 11.2. The number of hydrogen-bond acceptors (Lipinski definition) is 6. The maximum atomic E-state index is 12.9. The van der Waals surface area contributed by atoms with Gasteiger partial charge in [-0.2, -0.15) is 0 Å². The maximum Gasteiger partial charge on any atom is 0.224 e. The number of ether oxygens (including phenoxy) is 3. The summed E-state index contributed by atoms with van der Waals surface area (Å²) in [6, 6.07) is 11.1. The fourth-order valence-electron chi connectivity index (χ4n) is 4.33. The lowest BCUT2D eigenvalue weighted by atomic mass is 9.99. The van der Waals surface area contributed by atoms with Crippen molar-refractivity contribution >= 4 is 23.1 Å². The molecule has 182 valence electrons. The SMILES string of the molecule is COc1cc2c(cc1OC)/C(=C\c1cc(C)c(O)c(OC)c1)C(C)=C2CC(=O)NCc1ccco1. The van der Waals surface area contributed by atoms with Crippen LogP contribution < -0.4 is 19.5 Å². The topological polar surface area (TPSA) is 90.2 Å². The van der Waals surface area contributed by atoms with Gasteiger partial charge >= 0.3 is 0 Å². The first-order valence-electron chi connectivity index (χ1n) is 11.2. The molecule has 1 aromatic heterocycles. The van der Waals surface area contributed by atoms with Crippen molar-refractivity contribution in [2.75, 3.05) is 21.3 Å². The number of aromatic hydroxyl groups is 1. The number of phenolic OH excluding ortho intramolecular Hbond substituents is 1. The molecule has 3 aromatic rings. The molecular formula is C28H29NO6. The fraction of sp³-hybridized carbons (Fsp3) is 0.250. The predicted octanol–water partition coefficient (Wildman–Crippen LogP) is 5.35. The molecule has 7 heteroatoms. The summed E-state index contributed by atoms with van der Waals surface area (Å²) in [5, 5.41) is 13.2. The number of rotatable bonds is 8. The zero-order valence-electron chi connectivity index (χ0n) is 20.5. The van der Waals surface area contributed by atoms with E-state index in [0.29, 0.717) is 35.1 Å². The van der Waals surface area contributed by atoms with Gasteiger partial charge in [-0.3, -0.25) is 4.79 Å². The van der Waals surface area contributed by atoms with Crippen molar-refractivity contribution in [1.29, 1.82) is 0 Å². The van der Waals surface area contributed by atoms with Crippen molar-refractivity contribution in [2.24, 2.45) is 0 Å². The van der Waals surface area contributed by atoms with Gasteiger partial charge in [-0.05, 0) is 95.3 Å². The highest BCUT2D eigenvalue weighted by Crippen LogP contribution is 2.48. The Morgan fingerprint density at radius 1 is 1.00 bits per heavy atom. The Bertz CT molecular complexity index is 1320. The molecule has 2 N–H and O–H groups in total. The van der Waals surface area contributed by atoms with E-state index in [-0.39, 0.29) is 18.1 Å². The van der Waals surface area contributed by atoms with E-state index in [1.165, 1.54) is 7.11 Å². The second kappa shape index (κ2) is 10.0. The van der Waals surface area contributed by atoms with Gasteiger partial charge in [0.25, 0.3) is 0 Å². The van der Waals surface area contributed by atoms with Gasteiger partial charge in [0.1, 0.15) is 5.76 Å². The first kappa shape index (κ1) is 24.0. The standard InChI is InChI=1S/C28H29NO6/c1-16-9-18(11-26(34-5)28(16)31)10-20-17(2)21(14-27(30)29-15-19-7-6-8-35-19)23-13-25(33-4)24(32-3)12-22(20)23/h6-13,31H,14-15H2,1-5H3,(H,29,30)/b20-10-. The second-order valence-electron chi connectivity index (χ2n) is 8.34. The average molecular weight is 476 g/mol. The third-order valence-electron chi connectivity index (χ3n) is 6.19. The molecular weight excluding hydrogens is 446 g/mol. The van der Waals surface area contributed by atoms with Gasteiger partial charge in [0, 0.05) is 0 Å². The van der Waals surface area contributed by atoms with Crippen molar-refractivity contribution in [3.05, 3.63) is 76.2 Å². The average Bonchev–Trinajstić information content (AvgIpc) is 3.46. The minimum Gasteiger partial charge on any atom is -0.504 e. The maximum absolute atomic E-state index is 12.9. The van der Waals surface area contributed by atoms with E-state index in [1.54, 1.807) is 32.6 Å². The van der Waals surface area contributed by atoms with Gasteiger partial charge in [-0.25, -0.2) is 0 Å². The molecule has 1 aliphatic carbocycles. The summed E-state index contributed by atoms with van der Waals surface area (Å²) in [4.78, 5) is 12.9. The summed E-state index contributed by atoms with van der Waals surface area (Å²) >= 11 is 0. The van der Waals surface area contributed by atoms with Crippen LogP contribution in [0.25, 0.3) is 17.2 Å². The van der Waals surface area contributed by atoms with Crippen LogP contribution in [0.3, 0.4) is 0 Å². The number of hydrogen-bond donors (Lipinski definition) is 2. The van der Waals surface area contributed by atoms with Crippen LogP contribution in [0.15, 0.2) is 52.7 Å². The Balaban J connectivity index is 1.76. The zero-order valence-corrected chi connectivity index (χ0v) is 20.5. The number of allylic oxidation sites excluding steroid dienone is 2. The van der Waals surface area contributed by atoms with Gasteiger partial charge in [0.15, 0.2) is 23.0 Å². The summed E-state index contributed by atoms with van der Waals surface area (Å²) in [6.45, 7) is 4.16. The molecule has 35 heavy (non-hydrogen) atoms. The second-order valence-corrected chi connectivity index (χ2v) is 8.34. The van der Waals surface area contributed by atoms with Gasteiger partial charge < -0.3 is 29.1 Å². The molecule has 2 aromatic carbocycles. The van der Waals surface area contributed by atoms with Gasteiger partial charge in [-0.1, -0.05) is 0 Å². The number of carbonyl (C=O) groups is 1. The molecule has 0 bridgehead atoms. The molecule has 0 spiro atoms. The van der Waals surface area contributed by atoms with Crippen molar-refractivity contribution in [3.8, 4) is 23.0 Å². The quantitative estimate of drug-likeness (QED) is 0.456. The number of aryl methyl sites for hydroxylation is 1. The Kier molecular flexibility index (Phi) is 6.87. The van der Waals surface area contributed by atoms with Crippen LogP contribution in [0.4, 0.5) is 0 Å². The van der Waals surface area contributed by atoms with E-state index in [2.05, 4.69) is 5.32 Å². The van der Waals surface area contributed by atoms with Crippen LogP contribution in [0, 0.1) is 6.92 Å². The normalized spacial score (nSPS) is 13.7. The Morgan fingerprint density at radius 2 is 1.69 bits per heavy atom. The molecule has 7 nitrogen and oxygen atoms in total. The van der Waals surface area contributed by atoms with Crippen LogP contribution in [0.1, 0.15) is 41.4 Å². The molecule has 1 heterocycles. The Hall–Kier alpha value is -4.13. The molecule has 0 saturated carbocycles. The van der Waals surface area contributed by atoms with E-state index in [4.69, 9.17) is 18.6 Å². The molecule has 1 amide bonds. The molecule has 0 radical (unpaired) electrons. The van der Waals surface area contributed by atoms with Crippen LogP contribution in [-0.4, -0.2) is 32.3 Å². The third-order valence-corrected chi connectivity index (χ3v) is 6.19. The zero-order chi connectivity index (χ0) is 25.1. The van der Waals surface area contributed by atoms with Gasteiger partial charge in [0.05, 0.1) is 40.6 Å². The summed E-state index contributed by atoms with van der Waals surface area (Å²) < 4.78 is 21.7. The lowest BCUT2D eigenvalue weighted by molar-refractivity contribution is -0.120. The van der Waals surface area contributed by atoms with E-state index in [1.807, 2.05) is 44.2 Å². The van der Waals surface area contributed by atoms with Crippen molar-refractivity contribution in [3.63, 3.8) is 0 Å². The van der Waals surface area contributed by atoms with Crippen molar-refractivity contribution in [2.45, 2.75) is 26.8 Å². The smallest absolute Gasteiger partial charge is 0.224 e. The molecule has 0 atom stereocenters. The highest BCUT2D eigenvalue weighted by atomic mass is 16.5. The number of amides is 1. The van der Waals surface area contributed by atoms with Crippen LogP contribution in [-0.2, 0) is 11.3 Å². The van der Waals surface area contributed by atoms with Gasteiger partial charge in [0.2, 0.25) is 5.91 Å². The molecule has 0 aliphatic heterocycles. The van der Waals surface area contributed by atoms with E-state index < -0.39 is 0 Å². The molecule has 1 aliphatic rings. The van der Waals surface area contributed by atoms with E-state index in [0.717, 1.165) is 33.4 Å². The summed E-state index contributed by atoms with van der Waals surface area (Å²) in [5.41, 5.74) is 6.29. The Labute approximate surface area is 204 Å². The van der Waals surface area contributed by atoms with Crippen LogP contribution >= 0.6 is 0 Å². The predicted molar refractivity (Wildman–Crippen MR) is 135 cm³/mol. The molecule has 0 unspecified atom stereocenters. The van der Waals surface area contributed by atoms with Gasteiger partial charge in [-0.15, -0.1) is 0 Å². The highest BCUT2D eigenvalue weighted by Gasteiger charge is 2.28. The number of carbonyl (C=O) groups excluding carboxylic acids is 1. The van der Waals surface area contributed by atoms with Crippen LogP contribution in [0.2, 0.25) is 0 Å². The molecule has 4 rings (SSSR count). The number of fused-ring (bicyclic) bond motifs is 1. The fourth-order valence-corrected chi connectivity index (χ4v) is 4.33. The number of nitrogens with one attached hydrogen (secondary N) is 1. The van der Waals surface area contributed by atoms with Crippen molar-refractivity contribution in [1.82, 2.24) is 5.32 Å². The summed E-state index contributed by atoms with van der Waals surface area (Å²) in [6.07, 6.45) is 3.81. The Morgan fingerprint density at radius 3 is 2.31 bits per heavy atom.